The molecule has 1 aromatic carbocycles. The third-order valence-corrected chi connectivity index (χ3v) is 3.91. The van der Waals surface area contributed by atoms with Crippen LogP contribution in [0.4, 0.5) is 0 Å². The highest BCUT2D eigenvalue weighted by molar-refractivity contribution is 6.30. The molecule has 0 amide bonds. The van der Waals surface area contributed by atoms with Gasteiger partial charge in [0.25, 0.3) is 0 Å². The van der Waals surface area contributed by atoms with Crippen LogP contribution in [0.2, 0.25) is 5.02 Å². The number of nitrogens with zero attached hydrogens (tertiary/aromatic N) is 2. The first-order valence-corrected chi connectivity index (χ1v) is 7.62. The molecule has 1 saturated heterocycles. The molecule has 2 unspecified atom stereocenters. The van der Waals surface area contributed by atoms with Gasteiger partial charge in [0.05, 0.1) is 12.4 Å². The molecule has 5 heteroatoms. The summed E-state index contributed by atoms with van der Waals surface area (Å²) >= 11 is 5.97. The molecule has 0 radical (unpaired) electrons. The van der Waals surface area contributed by atoms with E-state index in [4.69, 9.17) is 21.1 Å². The molecule has 0 spiro atoms. The Morgan fingerprint density at radius 1 is 1.43 bits per heavy atom. The number of aryl methyl sites for hydroxylation is 1. The van der Waals surface area contributed by atoms with E-state index in [-0.39, 0.29) is 12.4 Å². The summed E-state index contributed by atoms with van der Waals surface area (Å²) in [6.45, 7) is 2.81. The van der Waals surface area contributed by atoms with E-state index in [0.717, 1.165) is 42.1 Å². The Labute approximate surface area is 129 Å². The maximum absolute atomic E-state index is 6.05. The normalized spacial score (nSPS) is 22.2. The second-order valence-electron chi connectivity index (χ2n) is 5.41. The van der Waals surface area contributed by atoms with Gasteiger partial charge in [-0.15, -0.1) is 0 Å². The lowest BCUT2D eigenvalue weighted by molar-refractivity contribution is -0.151. The minimum atomic E-state index is -0.188. The van der Waals surface area contributed by atoms with Gasteiger partial charge in [0, 0.05) is 30.4 Å². The molecular formula is C16H19ClN2O2. The standard InChI is InChI=1S/C16H19ClN2O2/c1-12-9-13(17)5-6-15(12)21-16-4-2-3-14(20-16)10-19-8-7-18-11-19/h5-9,11,14,16H,2-4,10H2,1H3. The van der Waals surface area contributed by atoms with Gasteiger partial charge in [-0.3, -0.25) is 0 Å². The van der Waals surface area contributed by atoms with Crippen LogP contribution in [0.15, 0.2) is 36.9 Å². The quantitative estimate of drug-likeness (QED) is 0.861. The number of ether oxygens (including phenoxy) is 2. The van der Waals surface area contributed by atoms with E-state index in [1.54, 1.807) is 6.20 Å². The fourth-order valence-electron chi connectivity index (χ4n) is 2.60. The van der Waals surface area contributed by atoms with Crippen molar-refractivity contribution in [1.29, 1.82) is 0 Å². The molecule has 1 fully saturated rings. The fraction of sp³-hybridized carbons (Fsp3) is 0.438. The second kappa shape index (κ2) is 6.50. The van der Waals surface area contributed by atoms with Crippen LogP contribution in [-0.2, 0) is 11.3 Å². The fourth-order valence-corrected chi connectivity index (χ4v) is 2.83. The van der Waals surface area contributed by atoms with Gasteiger partial charge in [0.2, 0.25) is 0 Å². The van der Waals surface area contributed by atoms with E-state index in [1.165, 1.54) is 0 Å². The lowest BCUT2D eigenvalue weighted by Gasteiger charge is -2.30. The maximum Gasteiger partial charge on any atom is 0.200 e. The average Bonchev–Trinajstić information content (AvgIpc) is 2.95. The third kappa shape index (κ3) is 3.77. The van der Waals surface area contributed by atoms with Gasteiger partial charge >= 0.3 is 0 Å². The molecule has 0 saturated carbocycles. The number of hydrogen-bond donors (Lipinski definition) is 0. The summed E-state index contributed by atoms with van der Waals surface area (Å²) in [5, 5.41) is 0.724. The molecule has 0 N–H and O–H groups in total. The van der Waals surface area contributed by atoms with Crippen molar-refractivity contribution >= 4 is 11.6 Å². The first-order valence-electron chi connectivity index (χ1n) is 7.25. The molecule has 1 aliphatic rings. The molecule has 0 aliphatic carbocycles. The van der Waals surface area contributed by atoms with E-state index < -0.39 is 0 Å². The highest BCUT2D eigenvalue weighted by Gasteiger charge is 2.24. The predicted molar refractivity (Wildman–Crippen MR) is 81.6 cm³/mol. The van der Waals surface area contributed by atoms with Crippen molar-refractivity contribution in [2.75, 3.05) is 0 Å². The zero-order chi connectivity index (χ0) is 14.7. The summed E-state index contributed by atoms with van der Waals surface area (Å²) in [6, 6.07) is 5.65. The van der Waals surface area contributed by atoms with Crippen LogP contribution in [-0.4, -0.2) is 21.9 Å². The predicted octanol–water partition coefficient (Wildman–Crippen LogP) is 3.82. The van der Waals surface area contributed by atoms with Gasteiger partial charge in [-0.2, -0.15) is 0 Å². The minimum absolute atomic E-state index is 0.172. The van der Waals surface area contributed by atoms with Gasteiger partial charge < -0.3 is 14.0 Å². The Bertz CT molecular complexity index is 586. The van der Waals surface area contributed by atoms with Crippen molar-refractivity contribution in [1.82, 2.24) is 9.55 Å². The van der Waals surface area contributed by atoms with Gasteiger partial charge in [0.15, 0.2) is 6.29 Å². The summed E-state index contributed by atoms with van der Waals surface area (Å²) in [4.78, 5) is 4.06. The molecule has 21 heavy (non-hydrogen) atoms. The van der Waals surface area contributed by atoms with Crippen LogP contribution in [0.5, 0.6) is 5.75 Å². The van der Waals surface area contributed by atoms with Gasteiger partial charge in [-0.1, -0.05) is 11.6 Å². The van der Waals surface area contributed by atoms with Crippen LogP contribution < -0.4 is 4.74 Å². The summed E-state index contributed by atoms with van der Waals surface area (Å²) in [7, 11) is 0. The highest BCUT2D eigenvalue weighted by atomic mass is 35.5. The molecule has 2 heterocycles. The molecule has 0 bridgehead atoms. The Balaban J connectivity index is 1.60. The lowest BCUT2D eigenvalue weighted by Crippen LogP contribution is -2.34. The Kier molecular flexibility index (Phi) is 4.46. The van der Waals surface area contributed by atoms with Crippen molar-refractivity contribution < 1.29 is 9.47 Å². The Morgan fingerprint density at radius 3 is 3.10 bits per heavy atom. The lowest BCUT2D eigenvalue weighted by atomic mass is 10.1. The first-order chi connectivity index (χ1) is 10.2. The van der Waals surface area contributed by atoms with Crippen molar-refractivity contribution in [3.63, 3.8) is 0 Å². The van der Waals surface area contributed by atoms with Crippen LogP contribution in [0.3, 0.4) is 0 Å². The molecule has 1 aromatic heterocycles. The zero-order valence-electron chi connectivity index (χ0n) is 12.0. The number of imidazole rings is 1. The zero-order valence-corrected chi connectivity index (χ0v) is 12.8. The topological polar surface area (TPSA) is 36.3 Å². The summed E-state index contributed by atoms with van der Waals surface area (Å²) in [5.41, 5.74) is 1.03. The Morgan fingerprint density at radius 2 is 2.33 bits per heavy atom. The summed E-state index contributed by atoms with van der Waals surface area (Å²) in [5.74, 6) is 0.840. The van der Waals surface area contributed by atoms with Crippen LogP contribution in [0.1, 0.15) is 24.8 Å². The molecule has 3 rings (SSSR count). The number of aromatic nitrogens is 2. The number of rotatable bonds is 4. The molecule has 112 valence electrons. The SMILES string of the molecule is Cc1cc(Cl)ccc1OC1CCCC(Cn2ccnc2)O1. The molecule has 2 atom stereocenters. The van der Waals surface area contributed by atoms with E-state index in [1.807, 2.05) is 42.2 Å². The van der Waals surface area contributed by atoms with E-state index in [2.05, 4.69) is 4.98 Å². The van der Waals surface area contributed by atoms with Gasteiger partial charge in [0.1, 0.15) is 5.75 Å². The molecule has 4 nitrogen and oxygen atoms in total. The van der Waals surface area contributed by atoms with Crippen molar-refractivity contribution in [3.8, 4) is 5.75 Å². The maximum atomic E-state index is 6.05. The van der Waals surface area contributed by atoms with Crippen LogP contribution >= 0.6 is 11.6 Å². The summed E-state index contributed by atoms with van der Waals surface area (Å²) in [6.07, 6.45) is 8.62. The van der Waals surface area contributed by atoms with E-state index in [9.17, 15) is 0 Å². The monoisotopic (exact) mass is 306 g/mol. The van der Waals surface area contributed by atoms with Crippen LogP contribution in [0.25, 0.3) is 0 Å². The van der Waals surface area contributed by atoms with Gasteiger partial charge in [-0.05, 0) is 43.5 Å². The largest absolute Gasteiger partial charge is 0.465 e. The minimum Gasteiger partial charge on any atom is -0.465 e. The van der Waals surface area contributed by atoms with Crippen molar-refractivity contribution in [3.05, 3.63) is 47.5 Å². The average molecular weight is 307 g/mol. The highest BCUT2D eigenvalue weighted by Crippen LogP contribution is 2.27. The molecule has 1 aliphatic heterocycles. The summed E-state index contributed by atoms with van der Waals surface area (Å²) < 4.78 is 14.1. The first kappa shape index (κ1) is 14.4. The number of hydrogen-bond acceptors (Lipinski definition) is 3. The van der Waals surface area contributed by atoms with Gasteiger partial charge in [-0.25, -0.2) is 4.98 Å². The van der Waals surface area contributed by atoms with E-state index >= 15 is 0 Å². The van der Waals surface area contributed by atoms with Crippen LogP contribution in [0, 0.1) is 6.92 Å². The number of halogens is 1. The molecule has 2 aromatic rings. The second-order valence-corrected chi connectivity index (χ2v) is 5.84. The van der Waals surface area contributed by atoms with Crippen molar-refractivity contribution in [2.24, 2.45) is 0 Å². The van der Waals surface area contributed by atoms with Crippen molar-refractivity contribution in [2.45, 2.75) is 45.1 Å². The van der Waals surface area contributed by atoms with E-state index in [0.29, 0.717) is 0 Å². The smallest absolute Gasteiger partial charge is 0.200 e. The Hall–Kier alpha value is -1.52. The molecular weight excluding hydrogens is 288 g/mol. The number of benzene rings is 1. The third-order valence-electron chi connectivity index (χ3n) is 3.68.